The van der Waals surface area contributed by atoms with Crippen molar-refractivity contribution in [1.29, 1.82) is 0 Å². The van der Waals surface area contributed by atoms with Crippen molar-refractivity contribution in [3.05, 3.63) is 34.6 Å². The van der Waals surface area contributed by atoms with Gasteiger partial charge in [0.25, 0.3) is 0 Å². The van der Waals surface area contributed by atoms with Crippen LogP contribution in [0.1, 0.15) is 6.92 Å². The van der Waals surface area contributed by atoms with Gasteiger partial charge in [-0.2, -0.15) is 0 Å². The minimum Gasteiger partial charge on any atom is -0.493 e. The van der Waals surface area contributed by atoms with Crippen LogP contribution in [0.15, 0.2) is 29.2 Å². The fourth-order valence-corrected chi connectivity index (χ4v) is 1.57. The van der Waals surface area contributed by atoms with E-state index in [0.717, 1.165) is 0 Å². The van der Waals surface area contributed by atoms with Gasteiger partial charge in [0.2, 0.25) is 0 Å². The Balaban J connectivity index is 2.69. The summed E-state index contributed by atoms with van der Waals surface area (Å²) in [5.41, 5.74) is 0.486. The van der Waals surface area contributed by atoms with Crippen molar-refractivity contribution >= 4 is 16.9 Å². The number of H-pyrrole nitrogens is 1. The van der Waals surface area contributed by atoms with Gasteiger partial charge in [0.05, 0.1) is 12.6 Å². The van der Waals surface area contributed by atoms with Crippen LogP contribution in [0, 0.1) is 0 Å². The van der Waals surface area contributed by atoms with Crippen LogP contribution in [-0.4, -0.2) is 18.1 Å². The molecular formula is C12H11NO4. The molecule has 0 aliphatic carbocycles. The fraction of sp³-hybridized carbons (Fsp3) is 0.167. The molecule has 88 valence electrons. The lowest BCUT2D eigenvalue weighted by Crippen LogP contribution is -2.05. The third-order valence-electron chi connectivity index (χ3n) is 2.30. The minimum atomic E-state index is -0.463. The maximum atomic E-state index is 11.6. The Morgan fingerprint density at radius 3 is 2.71 bits per heavy atom. The predicted molar refractivity (Wildman–Crippen MR) is 62.4 cm³/mol. The SMILES string of the molecule is COc1cc2[nH]ccc(=O)c2cc1OC(C)=O. The van der Waals surface area contributed by atoms with Crippen molar-refractivity contribution in [3.8, 4) is 11.5 Å². The number of pyridine rings is 1. The molecule has 2 rings (SSSR count). The minimum absolute atomic E-state index is 0.144. The van der Waals surface area contributed by atoms with Crippen molar-refractivity contribution in [1.82, 2.24) is 4.98 Å². The summed E-state index contributed by atoms with van der Waals surface area (Å²) < 4.78 is 10.1. The molecule has 0 atom stereocenters. The summed E-state index contributed by atoms with van der Waals surface area (Å²) in [6.45, 7) is 1.29. The smallest absolute Gasteiger partial charge is 0.308 e. The monoisotopic (exact) mass is 233 g/mol. The molecule has 17 heavy (non-hydrogen) atoms. The van der Waals surface area contributed by atoms with Crippen LogP contribution in [-0.2, 0) is 4.79 Å². The van der Waals surface area contributed by atoms with Gasteiger partial charge in [-0.1, -0.05) is 0 Å². The van der Waals surface area contributed by atoms with E-state index < -0.39 is 5.97 Å². The quantitative estimate of drug-likeness (QED) is 0.629. The summed E-state index contributed by atoms with van der Waals surface area (Å²) in [6, 6.07) is 4.52. The van der Waals surface area contributed by atoms with Gasteiger partial charge in [0, 0.05) is 30.6 Å². The number of rotatable bonds is 2. The van der Waals surface area contributed by atoms with Gasteiger partial charge in [-0.15, -0.1) is 0 Å². The molecule has 1 aromatic carbocycles. The number of benzene rings is 1. The summed E-state index contributed by atoms with van der Waals surface area (Å²) in [6.07, 6.45) is 1.55. The largest absolute Gasteiger partial charge is 0.493 e. The zero-order valence-electron chi connectivity index (χ0n) is 9.44. The molecule has 5 nitrogen and oxygen atoms in total. The van der Waals surface area contributed by atoms with Crippen molar-refractivity contribution < 1.29 is 14.3 Å². The summed E-state index contributed by atoms with van der Waals surface area (Å²) in [5.74, 6) is 0.175. The predicted octanol–water partition coefficient (Wildman–Crippen LogP) is 1.46. The van der Waals surface area contributed by atoms with E-state index in [1.54, 1.807) is 12.3 Å². The molecule has 2 aromatic rings. The summed E-state index contributed by atoms with van der Waals surface area (Å²) >= 11 is 0. The first-order chi connectivity index (χ1) is 8.11. The van der Waals surface area contributed by atoms with Crippen LogP contribution < -0.4 is 14.9 Å². The Morgan fingerprint density at radius 2 is 2.06 bits per heavy atom. The highest BCUT2D eigenvalue weighted by molar-refractivity contribution is 5.83. The van der Waals surface area contributed by atoms with Crippen LogP contribution in [0.5, 0.6) is 11.5 Å². The van der Waals surface area contributed by atoms with Crippen molar-refractivity contribution in [2.45, 2.75) is 6.92 Å². The molecule has 0 aliphatic rings. The number of hydrogen-bond donors (Lipinski definition) is 1. The van der Waals surface area contributed by atoms with E-state index in [0.29, 0.717) is 16.7 Å². The molecule has 0 bridgehead atoms. The second-order valence-electron chi connectivity index (χ2n) is 3.48. The molecule has 1 N–H and O–H groups in total. The Kier molecular flexibility index (Phi) is 2.82. The number of ether oxygens (including phenoxy) is 2. The number of carbonyl (C=O) groups is 1. The number of esters is 1. The Labute approximate surface area is 97.0 Å². The lowest BCUT2D eigenvalue weighted by molar-refractivity contribution is -0.131. The van der Waals surface area contributed by atoms with Gasteiger partial charge in [0.15, 0.2) is 16.9 Å². The Hall–Kier alpha value is -2.30. The van der Waals surface area contributed by atoms with E-state index in [1.165, 1.54) is 26.2 Å². The molecule has 0 saturated heterocycles. The third-order valence-corrected chi connectivity index (χ3v) is 2.30. The molecule has 1 heterocycles. The highest BCUT2D eigenvalue weighted by Gasteiger charge is 2.10. The standard InChI is InChI=1S/C12H11NO4/c1-7(14)17-12-5-8-9(6-11(12)16-2)13-4-3-10(8)15/h3-6H,1-2H3,(H,13,15). The molecule has 0 fully saturated rings. The average Bonchev–Trinajstić information content (AvgIpc) is 2.29. The average molecular weight is 233 g/mol. The van der Waals surface area contributed by atoms with Crippen LogP contribution in [0.2, 0.25) is 0 Å². The highest BCUT2D eigenvalue weighted by atomic mass is 16.6. The first-order valence-electron chi connectivity index (χ1n) is 4.99. The van der Waals surface area contributed by atoms with Crippen LogP contribution in [0.3, 0.4) is 0 Å². The maximum absolute atomic E-state index is 11.6. The normalized spacial score (nSPS) is 10.2. The van der Waals surface area contributed by atoms with Crippen LogP contribution >= 0.6 is 0 Å². The molecule has 0 radical (unpaired) electrons. The van der Waals surface area contributed by atoms with Gasteiger partial charge in [-0.25, -0.2) is 0 Å². The van der Waals surface area contributed by atoms with E-state index >= 15 is 0 Å². The van der Waals surface area contributed by atoms with Crippen molar-refractivity contribution in [2.75, 3.05) is 7.11 Å². The van der Waals surface area contributed by atoms with Crippen molar-refractivity contribution in [2.24, 2.45) is 0 Å². The van der Waals surface area contributed by atoms with Crippen molar-refractivity contribution in [3.63, 3.8) is 0 Å². The van der Waals surface area contributed by atoms with Crippen LogP contribution in [0.4, 0.5) is 0 Å². The Bertz CT molecular complexity index is 630. The maximum Gasteiger partial charge on any atom is 0.308 e. The topological polar surface area (TPSA) is 68.4 Å². The van der Waals surface area contributed by atoms with E-state index in [1.807, 2.05) is 0 Å². The molecule has 5 heteroatoms. The van der Waals surface area contributed by atoms with E-state index in [2.05, 4.69) is 4.98 Å². The van der Waals surface area contributed by atoms with Gasteiger partial charge in [-0.3, -0.25) is 9.59 Å². The third kappa shape index (κ3) is 2.13. The number of aromatic nitrogens is 1. The molecule has 0 spiro atoms. The second-order valence-corrected chi connectivity index (χ2v) is 3.48. The van der Waals surface area contributed by atoms with E-state index in [-0.39, 0.29) is 11.2 Å². The molecule has 0 aliphatic heterocycles. The zero-order chi connectivity index (χ0) is 12.4. The first kappa shape index (κ1) is 11.2. The van der Waals surface area contributed by atoms with Gasteiger partial charge < -0.3 is 14.5 Å². The van der Waals surface area contributed by atoms with Crippen LogP contribution in [0.25, 0.3) is 10.9 Å². The first-order valence-corrected chi connectivity index (χ1v) is 4.99. The molecule has 0 amide bonds. The summed E-state index contributed by atoms with van der Waals surface area (Å²) in [5, 5.41) is 0.449. The summed E-state index contributed by atoms with van der Waals surface area (Å²) in [4.78, 5) is 25.5. The zero-order valence-corrected chi connectivity index (χ0v) is 9.44. The summed E-state index contributed by atoms with van der Waals surface area (Å²) in [7, 11) is 1.47. The van der Waals surface area contributed by atoms with Gasteiger partial charge in [-0.05, 0) is 6.07 Å². The number of methoxy groups -OCH3 is 1. The number of fused-ring (bicyclic) bond motifs is 1. The Morgan fingerprint density at radius 1 is 1.29 bits per heavy atom. The molecule has 0 unspecified atom stereocenters. The number of carbonyl (C=O) groups excluding carboxylic acids is 1. The van der Waals surface area contributed by atoms with E-state index in [4.69, 9.17) is 9.47 Å². The number of nitrogens with one attached hydrogen (secondary N) is 1. The lowest BCUT2D eigenvalue weighted by Gasteiger charge is -2.09. The highest BCUT2D eigenvalue weighted by Crippen LogP contribution is 2.30. The molecule has 1 aromatic heterocycles. The van der Waals surface area contributed by atoms with Gasteiger partial charge >= 0.3 is 5.97 Å². The molecule has 0 saturated carbocycles. The number of hydrogen-bond acceptors (Lipinski definition) is 4. The number of aromatic amines is 1. The molecular weight excluding hydrogens is 222 g/mol. The lowest BCUT2D eigenvalue weighted by atomic mass is 10.2. The van der Waals surface area contributed by atoms with Gasteiger partial charge in [0.1, 0.15) is 0 Å². The van der Waals surface area contributed by atoms with E-state index in [9.17, 15) is 9.59 Å². The second kappa shape index (κ2) is 4.29. The fourth-order valence-electron chi connectivity index (χ4n) is 1.57.